The van der Waals surface area contributed by atoms with Crippen molar-refractivity contribution in [3.63, 3.8) is 0 Å². The molecule has 2 aromatic rings. The Morgan fingerprint density at radius 1 is 1.29 bits per heavy atom. The third-order valence-corrected chi connectivity index (χ3v) is 3.18. The highest BCUT2D eigenvalue weighted by Crippen LogP contribution is 2.23. The average Bonchev–Trinajstić information content (AvgIpc) is 2.63. The Labute approximate surface area is 112 Å². The summed E-state index contributed by atoms with van der Waals surface area (Å²) in [6.45, 7) is 1.84. The van der Waals surface area contributed by atoms with Gasteiger partial charge in [0.2, 0.25) is 0 Å². The fraction of sp³-hybridized carbons (Fsp3) is 0.0909. The van der Waals surface area contributed by atoms with Crippen LogP contribution in [0.15, 0.2) is 23.6 Å². The van der Waals surface area contributed by atoms with Crippen molar-refractivity contribution in [3.8, 4) is 0 Å². The van der Waals surface area contributed by atoms with Crippen molar-refractivity contribution in [2.45, 2.75) is 6.92 Å². The Morgan fingerprint density at radius 2 is 1.94 bits per heavy atom. The van der Waals surface area contributed by atoms with Gasteiger partial charge in [0.1, 0.15) is 5.69 Å². The van der Waals surface area contributed by atoms with Crippen LogP contribution in [-0.2, 0) is 0 Å². The number of carbonyl (C=O) groups excluding carboxylic acids is 1. The summed E-state index contributed by atoms with van der Waals surface area (Å²) in [5.41, 5.74) is 0.946. The van der Waals surface area contributed by atoms with Gasteiger partial charge in [-0.05, 0) is 25.1 Å². The molecule has 1 aromatic heterocycles. The number of anilines is 1. The summed E-state index contributed by atoms with van der Waals surface area (Å²) in [5, 5.41) is 6.19. The highest BCUT2D eigenvalue weighted by Gasteiger charge is 2.10. The standard InChI is InChI=1S/C11H8Cl2N2OS/c1-6-14-10(5-17-6)11(16)15-9-3-7(12)2-8(13)4-9/h2-5H,1H3,(H,15,16). The lowest BCUT2D eigenvalue weighted by Crippen LogP contribution is -2.12. The highest BCUT2D eigenvalue weighted by atomic mass is 35.5. The molecule has 88 valence electrons. The maximum Gasteiger partial charge on any atom is 0.275 e. The van der Waals surface area contributed by atoms with Crippen LogP contribution >= 0.6 is 34.5 Å². The fourth-order valence-electron chi connectivity index (χ4n) is 1.29. The number of aryl methyl sites for hydroxylation is 1. The van der Waals surface area contributed by atoms with Gasteiger partial charge in [0.25, 0.3) is 5.91 Å². The first kappa shape index (κ1) is 12.4. The minimum atomic E-state index is -0.271. The molecule has 0 unspecified atom stereocenters. The van der Waals surface area contributed by atoms with Crippen LogP contribution in [-0.4, -0.2) is 10.9 Å². The third kappa shape index (κ3) is 3.19. The molecule has 0 atom stereocenters. The van der Waals surface area contributed by atoms with Crippen LogP contribution in [0.3, 0.4) is 0 Å². The number of aromatic nitrogens is 1. The zero-order valence-electron chi connectivity index (χ0n) is 8.83. The van der Waals surface area contributed by atoms with E-state index in [2.05, 4.69) is 10.3 Å². The molecule has 0 fully saturated rings. The fourth-order valence-corrected chi connectivity index (χ4v) is 2.41. The van der Waals surface area contributed by atoms with Gasteiger partial charge in [0.15, 0.2) is 0 Å². The second-order valence-electron chi connectivity index (χ2n) is 3.36. The molecule has 1 amide bonds. The zero-order valence-corrected chi connectivity index (χ0v) is 11.2. The molecule has 0 saturated carbocycles. The van der Waals surface area contributed by atoms with Gasteiger partial charge >= 0.3 is 0 Å². The predicted molar refractivity (Wildman–Crippen MR) is 71.3 cm³/mol. The molecule has 0 aliphatic rings. The Kier molecular flexibility index (Phi) is 3.66. The van der Waals surface area contributed by atoms with Crippen LogP contribution < -0.4 is 5.32 Å². The van der Waals surface area contributed by atoms with Gasteiger partial charge < -0.3 is 5.32 Å². The SMILES string of the molecule is Cc1nc(C(=O)Nc2cc(Cl)cc(Cl)c2)cs1. The van der Waals surface area contributed by atoms with E-state index in [-0.39, 0.29) is 5.91 Å². The van der Waals surface area contributed by atoms with Crippen LogP contribution in [0.4, 0.5) is 5.69 Å². The number of hydrogen-bond donors (Lipinski definition) is 1. The Hall–Kier alpha value is -1.10. The number of rotatable bonds is 2. The number of halogens is 2. The van der Waals surface area contributed by atoms with E-state index in [1.165, 1.54) is 11.3 Å². The van der Waals surface area contributed by atoms with Crippen molar-refractivity contribution in [1.29, 1.82) is 0 Å². The summed E-state index contributed by atoms with van der Waals surface area (Å²) in [6, 6.07) is 4.86. The summed E-state index contributed by atoms with van der Waals surface area (Å²) >= 11 is 13.1. The number of thiazole rings is 1. The molecular formula is C11H8Cl2N2OS. The Bertz CT molecular complexity index is 548. The van der Waals surface area contributed by atoms with Crippen molar-refractivity contribution in [1.82, 2.24) is 4.98 Å². The molecule has 6 heteroatoms. The molecule has 0 saturated heterocycles. The van der Waals surface area contributed by atoms with E-state index >= 15 is 0 Å². The Morgan fingerprint density at radius 3 is 2.47 bits per heavy atom. The van der Waals surface area contributed by atoms with Crippen molar-refractivity contribution in [2.24, 2.45) is 0 Å². The van der Waals surface area contributed by atoms with Crippen molar-refractivity contribution in [2.75, 3.05) is 5.32 Å². The molecule has 17 heavy (non-hydrogen) atoms. The third-order valence-electron chi connectivity index (χ3n) is 1.97. The van der Waals surface area contributed by atoms with Gasteiger partial charge in [0, 0.05) is 21.1 Å². The molecule has 0 aliphatic carbocycles. The van der Waals surface area contributed by atoms with Crippen LogP contribution in [0.1, 0.15) is 15.5 Å². The maximum atomic E-state index is 11.8. The van der Waals surface area contributed by atoms with Crippen LogP contribution in [0.5, 0.6) is 0 Å². The topological polar surface area (TPSA) is 42.0 Å². The molecule has 0 radical (unpaired) electrons. The van der Waals surface area contributed by atoms with E-state index in [1.807, 2.05) is 6.92 Å². The molecular weight excluding hydrogens is 279 g/mol. The summed E-state index contributed by atoms with van der Waals surface area (Å²) in [7, 11) is 0. The van der Waals surface area contributed by atoms with Crippen molar-refractivity contribution < 1.29 is 4.79 Å². The first-order valence-corrected chi connectivity index (χ1v) is 6.38. The van der Waals surface area contributed by atoms with Gasteiger partial charge in [-0.1, -0.05) is 23.2 Å². The van der Waals surface area contributed by atoms with Gasteiger partial charge in [-0.25, -0.2) is 4.98 Å². The van der Waals surface area contributed by atoms with Crippen molar-refractivity contribution in [3.05, 3.63) is 44.3 Å². The largest absolute Gasteiger partial charge is 0.321 e. The lowest BCUT2D eigenvalue weighted by molar-refractivity contribution is 0.102. The number of hydrogen-bond acceptors (Lipinski definition) is 3. The number of amides is 1. The van der Waals surface area contributed by atoms with Crippen LogP contribution in [0, 0.1) is 6.92 Å². The molecule has 1 heterocycles. The number of nitrogens with one attached hydrogen (secondary N) is 1. The summed E-state index contributed by atoms with van der Waals surface area (Å²) < 4.78 is 0. The number of nitrogens with zero attached hydrogens (tertiary/aromatic N) is 1. The lowest BCUT2D eigenvalue weighted by Gasteiger charge is -2.04. The van der Waals surface area contributed by atoms with Crippen molar-refractivity contribution >= 4 is 46.1 Å². The van der Waals surface area contributed by atoms with Gasteiger partial charge in [-0.3, -0.25) is 4.79 Å². The first-order chi connectivity index (χ1) is 8.04. The molecule has 0 bridgehead atoms. The van der Waals surface area contributed by atoms with E-state index in [4.69, 9.17) is 23.2 Å². The van der Waals surface area contributed by atoms with E-state index in [0.29, 0.717) is 21.4 Å². The van der Waals surface area contributed by atoms with E-state index in [0.717, 1.165) is 5.01 Å². The highest BCUT2D eigenvalue weighted by molar-refractivity contribution is 7.09. The number of benzene rings is 1. The summed E-state index contributed by atoms with van der Waals surface area (Å²) in [6.07, 6.45) is 0. The quantitative estimate of drug-likeness (QED) is 0.906. The van der Waals surface area contributed by atoms with E-state index < -0.39 is 0 Å². The molecule has 1 aromatic carbocycles. The van der Waals surface area contributed by atoms with E-state index in [1.54, 1.807) is 23.6 Å². The summed E-state index contributed by atoms with van der Waals surface area (Å²) in [5.74, 6) is -0.271. The van der Waals surface area contributed by atoms with Crippen LogP contribution in [0.25, 0.3) is 0 Å². The second-order valence-corrected chi connectivity index (χ2v) is 5.30. The molecule has 1 N–H and O–H groups in total. The Balaban J connectivity index is 2.18. The molecule has 0 spiro atoms. The second kappa shape index (κ2) is 5.04. The van der Waals surface area contributed by atoms with E-state index in [9.17, 15) is 4.79 Å². The van der Waals surface area contributed by atoms with Gasteiger partial charge in [-0.15, -0.1) is 11.3 Å². The number of carbonyl (C=O) groups is 1. The van der Waals surface area contributed by atoms with Crippen LogP contribution in [0.2, 0.25) is 10.0 Å². The summed E-state index contributed by atoms with van der Waals surface area (Å²) in [4.78, 5) is 15.9. The molecule has 2 rings (SSSR count). The first-order valence-electron chi connectivity index (χ1n) is 4.74. The maximum absolute atomic E-state index is 11.8. The minimum absolute atomic E-state index is 0.271. The molecule has 0 aliphatic heterocycles. The van der Waals surface area contributed by atoms with Gasteiger partial charge in [-0.2, -0.15) is 0 Å². The van der Waals surface area contributed by atoms with Gasteiger partial charge in [0.05, 0.1) is 5.01 Å². The normalized spacial score (nSPS) is 10.3. The average molecular weight is 287 g/mol. The monoisotopic (exact) mass is 286 g/mol. The molecule has 3 nitrogen and oxygen atoms in total. The minimum Gasteiger partial charge on any atom is -0.321 e. The lowest BCUT2D eigenvalue weighted by atomic mass is 10.3. The smallest absolute Gasteiger partial charge is 0.275 e. The zero-order chi connectivity index (χ0) is 12.4. The predicted octanol–water partition coefficient (Wildman–Crippen LogP) is 4.01.